The summed E-state index contributed by atoms with van der Waals surface area (Å²) in [6, 6.07) is 19.2. The highest BCUT2D eigenvalue weighted by atomic mass is 32.1. The van der Waals surface area contributed by atoms with E-state index in [1.165, 1.54) is 24.3 Å². The molecule has 0 amide bonds. The van der Waals surface area contributed by atoms with Crippen molar-refractivity contribution in [3.8, 4) is 5.75 Å². The largest absolute Gasteiger partial charge is 0.494 e. The van der Waals surface area contributed by atoms with Crippen molar-refractivity contribution < 1.29 is 13.5 Å². The molecule has 0 atom stereocenters. The second-order valence-corrected chi connectivity index (χ2v) is 8.11. The van der Waals surface area contributed by atoms with Gasteiger partial charge in [-0.25, -0.2) is 8.78 Å². The average Bonchev–Trinajstić information content (AvgIpc) is 2.82. The number of ether oxygens (including phenoxy) is 1. The van der Waals surface area contributed by atoms with Crippen LogP contribution in [-0.2, 0) is 13.1 Å². The summed E-state index contributed by atoms with van der Waals surface area (Å²) < 4.78 is 32.3. The van der Waals surface area contributed by atoms with E-state index in [1.807, 2.05) is 31.2 Å². The van der Waals surface area contributed by atoms with Crippen molar-refractivity contribution in [3.05, 3.63) is 106 Å². The Morgan fingerprint density at radius 3 is 2.32 bits per heavy atom. The molecule has 0 aliphatic heterocycles. The number of aromatic amines is 1. The van der Waals surface area contributed by atoms with Crippen molar-refractivity contribution in [1.82, 2.24) is 9.88 Å². The van der Waals surface area contributed by atoms with Gasteiger partial charge in [0.05, 0.1) is 13.2 Å². The fourth-order valence-electron chi connectivity index (χ4n) is 3.55. The van der Waals surface area contributed by atoms with Crippen molar-refractivity contribution >= 4 is 33.9 Å². The number of thiocarbonyl (C=S) groups is 1. The van der Waals surface area contributed by atoms with Gasteiger partial charge in [-0.2, -0.15) is 0 Å². The highest BCUT2D eigenvalue weighted by Crippen LogP contribution is 2.21. The van der Waals surface area contributed by atoms with Gasteiger partial charge in [0.15, 0.2) is 5.11 Å². The van der Waals surface area contributed by atoms with Crippen LogP contribution in [0.5, 0.6) is 5.75 Å². The minimum atomic E-state index is -0.353. The zero-order chi connectivity index (χ0) is 24.1. The Kier molecular flexibility index (Phi) is 7.18. The normalized spacial score (nSPS) is 10.8. The molecule has 0 spiro atoms. The van der Waals surface area contributed by atoms with Gasteiger partial charge < -0.3 is 19.9 Å². The van der Waals surface area contributed by atoms with Gasteiger partial charge in [-0.1, -0.05) is 12.1 Å². The lowest BCUT2D eigenvalue weighted by molar-refractivity contribution is 0.340. The van der Waals surface area contributed by atoms with E-state index in [0.717, 1.165) is 10.9 Å². The molecular formula is C26H23F2N3O2S. The van der Waals surface area contributed by atoms with Crippen LogP contribution in [0.2, 0.25) is 0 Å². The van der Waals surface area contributed by atoms with E-state index in [4.69, 9.17) is 17.0 Å². The standard InChI is InChI=1S/C26H23F2N3O2S/c1-2-33-23-11-12-24-18(14-23)13-19(25(32)30-24)16-31(15-17-3-5-20(27)6-4-17)26(34)29-22-9-7-21(28)8-10-22/h3-14H,2,15-16H2,1H3,(H,29,34)(H,30,32). The van der Waals surface area contributed by atoms with Crippen molar-refractivity contribution in [2.75, 3.05) is 11.9 Å². The van der Waals surface area contributed by atoms with E-state index in [1.54, 1.807) is 29.2 Å². The fraction of sp³-hybridized carbons (Fsp3) is 0.154. The van der Waals surface area contributed by atoms with Crippen LogP contribution in [-0.4, -0.2) is 21.6 Å². The maximum absolute atomic E-state index is 13.4. The Morgan fingerprint density at radius 1 is 0.971 bits per heavy atom. The van der Waals surface area contributed by atoms with Gasteiger partial charge in [0.2, 0.25) is 0 Å². The summed E-state index contributed by atoms with van der Waals surface area (Å²) in [7, 11) is 0. The van der Waals surface area contributed by atoms with Gasteiger partial charge in [0.1, 0.15) is 17.4 Å². The van der Waals surface area contributed by atoms with Crippen molar-refractivity contribution in [2.24, 2.45) is 0 Å². The minimum Gasteiger partial charge on any atom is -0.494 e. The molecule has 4 rings (SSSR count). The number of pyridine rings is 1. The van der Waals surface area contributed by atoms with Crippen molar-refractivity contribution in [1.29, 1.82) is 0 Å². The van der Waals surface area contributed by atoms with Crippen LogP contribution in [0.1, 0.15) is 18.1 Å². The summed E-state index contributed by atoms with van der Waals surface area (Å²) in [6.07, 6.45) is 0. The van der Waals surface area contributed by atoms with Crippen LogP contribution in [0.25, 0.3) is 10.9 Å². The molecule has 0 unspecified atom stereocenters. The number of fused-ring (bicyclic) bond motifs is 1. The summed E-state index contributed by atoms with van der Waals surface area (Å²) in [5.74, 6) is 0.0248. The third kappa shape index (κ3) is 5.77. The molecule has 8 heteroatoms. The summed E-state index contributed by atoms with van der Waals surface area (Å²) in [5.41, 5.74) is 2.41. The monoisotopic (exact) mass is 479 g/mol. The summed E-state index contributed by atoms with van der Waals surface area (Å²) >= 11 is 5.62. The fourth-order valence-corrected chi connectivity index (χ4v) is 3.80. The van der Waals surface area contributed by atoms with Crippen LogP contribution < -0.4 is 15.6 Å². The Hall–Kier alpha value is -3.78. The first-order chi connectivity index (χ1) is 16.4. The number of nitrogens with one attached hydrogen (secondary N) is 2. The third-order valence-electron chi connectivity index (χ3n) is 5.23. The van der Waals surface area contributed by atoms with Crippen LogP contribution >= 0.6 is 12.2 Å². The van der Waals surface area contributed by atoms with Gasteiger partial charge in [0, 0.05) is 28.7 Å². The molecule has 5 nitrogen and oxygen atoms in total. The first-order valence-electron chi connectivity index (χ1n) is 10.8. The number of benzene rings is 3. The predicted molar refractivity (Wildman–Crippen MR) is 134 cm³/mol. The van der Waals surface area contributed by atoms with Gasteiger partial charge in [-0.15, -0.1) is 0 Å². The number of hydrogen-bond donors (Lipinski definition) is 2. The highest BCUT2D eigenvalue weighted by Gasteiger charge is 2.15. The maximum Gasteiger partial charge on any atom is 0.253 e. The lowest BCUT2D eigenvalue weighted by atomic mass is 10.1. The maximum atomic E-state index is 13.4. The molecular weight excluding hydrogens is 456 g/mol. The number of nitrogens with zero attached hydrogens (tertiary/aromatic N) is 1. The smallest absolute Gasteiger partial charge is 0.253 e. The molecule has 4 aromatic rings. The molecule has 0 bridgehead atoms. The average molecular weight is 480 g/mol. The molecule has 0 radical (unpaired) electrons. The van der Waals surface area contributed by atoms with Crippen LogP contribution in [0.4, 0.5) is 14.5 Å². The lowest BCUT2D eigenvalue weighted by Gasteiger charge is -2.26. The Labute approximate surface area is 201 Å². The van der Waals surface area contributed by atoms with Crippen LogP contribution in [0.15, 0.2) is 77.6 Å². The zero-order valence-corrected chi connectivity index (χ0v) is 19.3. The Morgan fingerprint density at radius 2 is 1.65 bits per heavy atom. The second kappa shape index (κ2) is 10.4. The van der Waals surface area contributed by atoms with Gasteiger partial charge >= 0.3 is 0 Å². The molecule has 174 valence electrons. The SMILES string of the molecule is CCOc1ccc2[nH]c(=O)c(CN(Cc3ccc(F)cc3)C(=S)Nc3ccc(F)cc3)cc2c1. The molecule has 34 heavy (non-hydrogen) atoms. The molecule has 0 saturated heterocycles. The topological polar surface area (TPSA) is 57.4 Å². The molecule has 0 fully saturated rings. The van der Waals surface area contributed by atoms with E-state index in [-0.39, 0.29) is 23.7 Å². The third-order valence-corrected chi connectivity index (χ3v) is 5.59. The molecule has 3 aromatic carbocycles. The summed E-state index contributed by atoms with van der Waals surface area (Å²) in [5, 5.41) is 4.27. The number of anilines is 1. The van der Waals surface area contributed by atoms with E-state index in [2.05, 4.69) is 10.3 Å². The quantitative estimate of drug-likeness (QED) is 0.338. The Balaban J connectivity index is 1.64. The summed E-state index contributed by atoms with van der Waals surface area (Å²) in [6.45, 7) is 2.99. The first kappa shape index (κ1) is 23.4. The van der Waals surface area contributed by atoms with E-state index < -0.39 is 0 Å². The van der Waals surface area contributed by atoms with E-state index in [9.17, 15) is 13.6 Å². The van der Waals surface area contributed by atoms with Gasteiger partial charge in [-0.05, 0) is 85.4 Å². The zero-order valence-electron chi connectivity index (χ0n) is 18.5. The lowest BCUT2D eigenvalue weighted by Crippen LogP contribution is -2.35. The van der Waals surface area contributed by atoms with Crippen LogP contribution in [0.3, 0.4) is 0 Å². The molecule has 0 aliphatic carbocycles. The minimum absolute atomic E-state index is 0.203. The molecule has 2 N–H and O–H groups in total. The number of halogens is 2. The van der Waals surface area contributed by atoms with Crippen LogP contribution in [0, 0.1) is 11.6 Å². The molecule has 1 aromatic heterocycles. The Bertz CT molecular complexity index is 1360. The first-order valence-corrected chi connectivity index (χ1v) is 11.2. The van der Waals surface area contributed by atoms with Crippen molar-refractivity contribution in [3.63, 3.8) is 0 Å². The van der Waals surface area contributed by atoms with Gasteiger partial charge in [0.25, 0.3) is 5.56 Å². The molecule has 0 aliphatic rings. The highest BCUT2D eigenvalue weighted by molar-refractivity contribution is 7.80. The van der Waals surface area contributed by atoms with E-state index in [0.29, 0.717) is 40.8 Å². The van der Waals surface area contributed by atoms with Gasteiger partial charge in [-0.3, -0.25) is 4.79 Å². The second-order valence-electron chi connectivity index (χ2n) is 7.73. The summed E-state index contributed by atoms with van der Waals surface area (Å²) in [4.78, 5) is 17.5. The predicted octanol–water partition coefficient (Wildman–Crippen LogP) is 5.60. The van der Waals surface area contributed by atoms with Crippen molar-refractivity contribution in [2.45, 2.75) is 20.0 Å². The number of rotatable bonds is 7. The molecule has 0 saturated carbocycles. The molecule has 1 heterocycles. The number of aromatic nitrogens is 1. The van der Waals surface area contributed by atoms with E-state index >= 15 is 0 Å². The number of H-pyrrole nitrogens is 1. The number of hydrogen-bond acceptors (Lipinski definition) is 3.